The monoisotopic (exact) mass is 493 g/mol. The van der Waals surface area contributed by atoms with Crippen molar-refractivity contribution in [2.75, 3.05) is 13.1 Å². The second-order valence-corrected chi connectivity index (χ2v) is 7.69. The van der Waals surface area contributed by atoms with Gasteiger partial charge >= 0.3 is 11.8 Å². The van der Waals surface area contributed by atoms with Crippen LogP contribution in [0.3, 0.4) is 0 Å². The lowest BCUT2D eigenvalue weighted by Crippen LogP contribution is -2.48. The Morgan fingerprint density at radius 2 is 2.06 bits per heavy atom. The predicted octanol–water partition coefficient (Wildman–Crippen LogP) is 2.52. The van der Waals surface area contributed by atoms with E-state index < -0.39 is 29.6 Å². The van der Waals surface area contributed by atoms with Gasteiger partial charge in [0.1, 0.15) is 17.7 Å². The van der Waals surface area contributed by atoms with E-state index in [-0.39, 0.29) is 50.8 Å². The summed E-state index contributed by atoms with van der Waals surface area (Å²) in [4.78, 5) is 39.5. The van der Waals surface area contributed by atoms with Crippen LogP contribution in [0.1, 0.15) is 37.8 Å². The van der Waals surface area contributed by atoms with Gasteiger partial charge in [0.15, 0.2) is 0 Å². The van der Waals surface area contributed by atoms with Crippen LogP contribution in [0, 0.1) is 23.1 Å². The maximum absolute atomic E-state index is 13.5. The molecular weight excluding hydrogens is 465 g/mol. The number of nitriles is 1. The largest absolute Gasteiger partial charge is 0.339 e. The van der Waals surface area contributed by atoms with Crippen LogP contribution in [0.15, 0.2) is 40.2 Å². The fourth-order valence-corrected chi connectivity index (χ4v) is 4.00. The van der Waals surface area contributed by atoms with Crippen LogP contribution in [0.2, 0.25) is 0 Å². The summed E-state index contributed by atoms with van der Waals surface area (Å²) in [5, 5.41) is 19.5. The van der Waals surface area contributed by atoms with Crippen molar-refractivity contribution in [3.63, 3.8) is 0 Å². The van der Waals surface area contributed by atoms with E-state index in [0.717, 1.165) is 0 Å². The molecule has 1 N–H and O–H groups in total. The van der Waals surface area contributed by atoms with Crippen molar-refractivity contribution in [1.82, 2.24) is 10.2 Å². The van der Waals surface area contributed by atoms with Gasteiger partial charge in [-0.15, -0.1) is 0 Å². The predicted molar refractivity (Wildman–Crippen MR) is 130 cm³/mol. The zero-order valence-corrected chi connectivity index (χ0v) is 20.5. The summed E-state index contributed by atoms with van der Waals surface area (Å²) >= 11 is 0. The summed E-state index contributed by atoms with van der Waals surface area (Å²) in [5.41, 5.74) is 1.07. The van der Waals surface area contributed by atoms with Gasteiger partial charge in [-0.25, -0.2) is 4.39 Å². The fraction of sp³-hybridized carbons (Fsp3) is 0.455. The Morgan fingerprint density at radius 3 is 2.67 bits per heavy atom. The molecule has 1 fully saturated rings. The first-order valence-electron chi connectivity index (χ1n) is 10.3. The maximum Gasteiger partial charge on any atom is 0.312 e. The molecule has 11 heteroatoms. The van der Waals surface area contributed by atoms with Crippen LogP contribution in [0.5, 0.6) is 0 Å². The molecule has 0 aromatic heterocycles. The number of carbonyl (C=O) groups excluding carboxylic acids is 3. The molecule has 0 saturated carbocycles. The van der Waals surface area contributed by atoms with Crippen LogP contribution in [-0.2, 0) is 20.8 Å². The molecule has 8 nitrogen and oxygen atoms in total. The minimum absolute atomic E-state index is 0. The number of carbonyl (C=O) groups is 3. The van der Waals surface area contributed by atoms with E-state index in [4.69, 9.17) is 5.26 Å². The Balaban J connectivity index is 0.00000272. The number of rotatable bonds is 6. The Kier molecular flexibility index (Phi) is 10.7. The van der Waals surface area contributed by atoms with Gasteiger partial charge in [0.2, 0.25) is 0 Å². The van der Waals surface area contributed by atoms with Crippen LogP contribution in [0.4, 0.5) is 4.39 Å². The quantitative estimate of drug-likeness (QED) is 0.613. The Labute approximate surface area is 206 Å². The summed E-state index contributed by atoms with van der Waals surface area (Å²) in [6.07, 6.45) is 2.86. The fourth-order valence-electron chi connectivity index (χ4n) is 4.00. The third-order valence-electron chi connectivity index (χ3n) is 5.79. The third-order valence-corrected chi connectivity index (χ3v) is 5.79. The van der Waals surface area contributed by atoms with Crippen LogP contribution in [0.25, 0.3) is 0 Å². The lowest BCUT2D eigenvalue weighted by Gasteiger charge is -2.25. The number of amides is 2. The number of ketones is 1. The number of likely N-dealkylation sites (tertiary alicyclic amines) is 1. The first-order valence-corrected chi connectivity index (χ1v) is 10.3. The highest BCUT2D eigenvalue weighted by Gasteiger charge is 2.40. The molecule has 1 aromatic rings. The smallest absolute Gasteiger partial charge is 0.312 e. The van der Waals surface area contributed by atoms with Crippen molar-refractivity contribution in [1.29, 1.82) is 5.26 Å². The van der Waals surface area contributed by atoms with Crippen LogP contribution in [-0.4, -0.2) is 47.7 Å². The van der Waals surface area contributed by atoms with Crippen molar-refractivity contribution in [2.45, 2.75) is 45.2 Å². The van der Waals surface area contributed by atoms with Gasteiger partial charge in [-0.2, -0.15) is 42.5 Å². The summed E-state index contributed by atoms with van der Waals surface area (Å²) in [7, 11) is 0. The van der Waals surface area contributed by atoms with E-state index in [1.54, 1.807) is 19.1 Å². The average Bonchev–Trinajstić information content (AvgIpc) is 3.42. The highest BCUT2D eigenvalue weighted by molar-refractivity contribution is 7.59. The van der Waals surface area contributed by atoms with Crippen molar-refractivity contribution in [3.8, 4) is 6.07 Å². The highest BCUT2D eigenvalue weighted by atomic mass is 32.1. The molecule has 3 rings (SSSR count). The number of benzene rings is 1. The SMILES string of the molecule is CCC(NC(=O)C(=O)N1CC[C@H](C(=O)Cc2ccc(F)c(C#N)c2)[C@@H]1C)C1=CCN=N1.S.S. The minimum Gasteiger partial charge on any atom is -0.339 e. The number of hydrogen-bond donors (Lipinski definition) is 1. The van der Waals surface area contributed by atoms with Gasteiger partial charge in [0, 0.05) is 24.9 Å². The lowest BCUT2D eigenvalue weighted by molar-refractivity contribution is -0.147. The van der Waals surface area contributed by atoms with Crippen LogP contribution >= 0.6 is 27.0 Å². The molecule has 2 aliphatic rings. The molecule has 3 atom stereocenters. The van der Waals surface area contributed by atoms with Crippen molar-refractivity contribution in [3.05, 3.63) is 46.9 Å². The number of nitrogens with one attached hydrogen (secondary N) is 1. The molecule has 0 spiro atoms. The second-order valence-electron chi connectivity index (χ2n) is 7.69. The highest BCUT2D eigenvalue weighted by Crippen LogP contribution is 2.27. The van der Waals surface area contributed by atoms with E-state index in [2.05, 4.69) is 15.5 Å². The standard InChI is InChI=1S/C22H24FN5O3.2H2S/c1-3-18(19-6-8-25-27-19)26-21(30)22(31)28-9-7-16(13(28)2)20(29)11-14-4-5-17(23)15(10-14)12-24;;/h4-6,10,13,16,18H,3,7-9,11H2,1-2H3,(H,26,30);2*1H2/t13-,16-,18?;;/m0../s1. The second kappa shape index (κ2) is 12.5. The number of Topliss-reactive ketones (excluding diaryl/α,β-unsaturated/α-hetero) is 1. The summed E-state index contributed by atoms with van der Waals surface area (Å²) in [6, 6.07) is 4.95. The molecule has 1 unspecified atom stereocenters. The van der Waals surface area contributed by atoms with Crippen molar-refractivity contribution in [2.24, 2.45) is 16.1 Å². The molecule has 33 heavy (non-hydrogen) atoms. The van der Waals surface area contributed by atoms with E-state index in [0.29, 0.717) is 37.2 Å². The van der Waals surface area contributed by atoms with Gasteiger partial charge in [0.05, 0.1) is 23.8 Å². The number of azo groups is 1. The zero-order chi connectivity index (χ0) is 22.5. The molecule has 1 aromatic carbocycles. The molecule has 2 heterocycles. The van der Waals surface area contributed by atoms with Gasteiger partial charge in [-0.3, -0.25) is 14.4 Å². The Morgan fingerprint density at radius 1 is 1.33 bits per heavy atom. The topological polar surface area (TPSA) is 115 Å². The summed E-state index contributed by atoms with van der Waals surface area (Å²) in [6.45, 7) is 4.39. The number of halogens is 1. The molecule has 2 aliphatic heterocycles. The maximum atomic E-state index is 13.5. The zero-order valence-electron chi connectivity index (χ0n) is 18.5. The summed E-state index contributed by atoms with van der Waals surface area (Å²) in [5.74, 6) is -2.57. The molecule has 0 aliphatic carbocycles. The van der Waals surface area contributed by atoms with Gasteiger partial charge in [-0.05, 0) is 43.5 Å². The molecule has 0 radical (unpaired) electrons. The first-order chi connectivity index (χ1) is 14.8. The van der Waals surface area contributed by atoms with E-state index in [1.807, 2.05) is 6.92 Å². The van der Waals surface area contributed by atoms with E-state index in [1.165, 1.54) is 23.1 Å². The summed E-state index contributed by atoms with van der Waals surface area (Å²) < 4.78 is 13.5. The van der Waals surface area contributed by atoms with Gasteiger partial charge in [-0.1, -0.05) is 13.0 Å². The molecule has 178 valence electrons. The van der Waals surface area contributed by atoms with Gasteiger partial charge in [0.25, 0.3) is 0 Å². The third kappa shape index (κ3) is 6.42. The van der Waals surface area contributed by atoms with Gasteiger partial charge < -0.3 is 10.2 Å². The van der Waals surface area contributed by atoms with E-state index in [9.17, 15) is 18.8 Å². The molecular formula is C22H28FN5O3S2. The van der Waals surface area contributed by atoms with Crippen LogP contribution < -0.4 is 5.32 Å². The molecule has 0 bridgehead atoms. The normalized spacial score (nSPS) is 19.6. The number of nitrogens with zero attached hydrogens (tertiary/aromatic N) is 4. The first kappa shape index (κ1) is 28.3. The molecule has 2 amide bonds. The Hall–Kier alpha value is -2.71. The Bertz CT molecular complexity index is 1010. The van der Waals surface area contributed by atoms with E-state index >= 15 is 0 Å². The number of hydrogen-bond acceptors (Lipinski definition) is 6. The lowest BCUT2D eigenvalue weighted by atomic mass is 9.92. The molecule has 1 saturated heterocycles. The average molecular weight is 494 g/mol. The van der Waals surface area contributed by atoms with Crippen molar-refractivity contribution < 1.29 is 18.8 Å². The minimum atomic E-state index is -0.730. The van der Waals surface area contributed by atoms with Crippen molar-refractivity contribution >= 4 is 44.6 Å².